The zero-order chi connectivity index (χ0) is 21.0. The van der Waals surface area contributed by atoms with Gasteiger partial charge in [0.1, 0.15) is 17.1 Å². The van der Waals surface area contributed by atoms with E-state index < -0.39 is 0 Å². The fourth-order valence-electron chi connectivity index (χ4n) is 4.47. The molecule has 2 aliphatic rings. The minimum atomic E-state index is 0.153. The summed E-state index contributed by atoms with van der Waals surface area (Å²) in [7, 11) is 0. The summed E-state index contributed by atoms with van der Waals surface area (Å²) in [5.41, 5.74) is 2.31. The second kappa shape index (κ2) is 9.19. The summed E-state index contributed by atoms with van der Waals surface area (Å²) in [6, 6.07) is 0.963. The van der Waals surface area contributed by atoms with Gasteiger partial charge in [-0.15, -0.1) is 0 Å². The highest BCUT2D eigenvalue weighted by atomic mass is 16.5. The lowest BCUT2D eigenvalue weighted by molar-refractivity contribution is 0.0662. The van der Waals surface area contributed by atoms with E-state index in [0.717, 1.165) is 75.0 Å². The maximum absolute atomic E-state index is 6.31. The third kappa shape index (κ3) is 4.64. The van der Waals surface area contributed by atoms with Gasteiger partial charge in [-0.05, 0) is 45.1 Å². The van der Waals surface area contributed by atoms with Crippen molar-refractivity contribution >= 4 is 22.7 Å². The molecule has 10 heteroatoms. The van der Waals surface area contributed by atoms with E-state index in [0.29, 0.717) is 23.9 Å². The Morgan fingerprint density at radius 3 is 2.77 bits per heavy atom. The highest BCUT2D eigenvalue weighted by molar-refractivity contribution is 5.80. The number of hydrogen-bond acceptors (Lipinski definition) is 8. The smallest absolute Gasteiger partial charge is 0.245 e. The van der Waals surface area contributed by atoms with Crippen LogP contribution in [0.3, 0.4) is 0 Å². The molecule has 5 rings (SSSR count). The van der Waals surface area contributed by atoms with Crippen LogP contribution in [0.2, 0.25) is 0 Å². The lowest BCUT2D eigenvalue weighted by Crippen LogP contribution is -2.36. The molecule has 3 aromatic heterocycles. The van der Waals surface area contributed by atoms with E-state index in [9.17, 15) is 0 Å². The molecule has 1 aliphatic heterocycles. The molecule has 0 spiro atoms. The first kappa shape index (κ1) is 20.2. The minimum Gasteiger partial charge on any atom is -0.473 e. The lowest BCUT2D eigenvalue weighted by Gasteiger charge is -2.29. The standard InChI is InChI=1S/C21H30N8O2/c1-2-22-14-3-5-17(6-4-14)31-20-19-18(12-23-28-19)26-21(27-20)25-15-11-24-29(13-15)16-7-9-30-10-8-16/h11-14,16-17,22H,2-10H2,1H3,(H,23,28)(H,25,26,27). The second-order valence-electron chi connectivity index (χ2n) is 8.31. The van der Waals surface area contributed by atoms with Crippen LogP contribution in [0.4, 0.5) is 11.6 Å². The SMILES string of the molecule is CCNC1CCC(Oc2nc(Nc3cnn(C4CCOCC4)c3)nc3cn[nH]c23)CC1. The Bertz CT molecular complexity index is 988. The summed E-state index contributed by atoms with van der Waals surface area (Å²) in [4.78, 5) is 9.23. The summed E-state index contributed by atoms with van der Waals surface area (Å²) in [5.74, 6) is 1.03. The molecule has 31 heavy (non-hydrogen) atoms. The van der Waals surface area contributed by atoms with Gasteiger partial charge in [0.2, 0.25) is 11.8 Å². The van der Waals surface area contributed by atoms with Crippen LogP contribution in [-0.4, -0.2) is 61.9 Å². The molecule has 2 fully saturated rings. The molecule has 0 atom stereocenters. The van der Waals surface area contributed by atoms with Crippen molar-refractivity contribution in [2.24, 2.45) is 0 Å². The fourth-order valence-corrected chi connectivity index (χ4v) is 4.47. The van der Waals surface area contributed by atoms with Crippen molar-refractivity contribution in [3.63, 3.8) is 0 Å². The number of nitrogens with one attached hydrogen (secondary N) is 3. The summed E-state index contributed by atoms with van der Waals surface area (Å²) < 4.78 is 13.8. The van der Waals surface area contributed by atoms with Crippen LogP contribution in [0.25, 0.3) is 11.0 Å². The average molecular weight is 427 g/mol. The maximum atomic E-state index is 6.31. The van der Waals surface area contributed by atoms with Crippen molar-refractivity contribution < 1.29 is 9.47 Å². The Labute approximate surface area is 181 Å². The van der Waals surface area contributed by atoms with Crippen molar-refractivity contribution in [1.29, 1.82) is 0 Å². The highest BCUT2D eigenvalue weighted by Crippen LogP contribution is 2.29. The predicted molar refractivity (Wildman–Crippen MR) is 117 cm³/mol. The average Bonchev–Trinajstić information content (AvgIpc) is 3.46. The number of rotatable bonds is 7. The number of aromatic amines is 1. The molecule has 166 valence electrons. The van der Waals surface area contributed by atoms with Crippen LogP contribution in [0.5, 0.6) is 5.88 Å². The quantitative estimate of drug-likeness (QED) is 0.528. The van der Waals surface area contributed by atoms with Crippen molar-refractivity contribution in [2.45, 2.75) is 63.6 Å². The van der Waals surface area contributed by atoms with Crippen molar-refractivity contribution in [3.05, 3.63) is 18.6 Å². The van der Waals surface area contributed by atoms with E-state index in [1.807, 2.05) is 10.9 Å². The molecule has 1 aliphatic carbocycles. The molecule has 0 bridgehead atoms. The van der Waals surface area contributed by atoms with Crippen molar-refractivity contribution in [1.82, 2.24) is 35.3 Å². The maximum Gasteiger partial charge on any atom is 0.245 e. The third-order valence-electron chi connectivity index (χ3n) is 6.13. The lowest BCUT2D eigenvalue weighted by atomic mass is 9.93. The zero-order valence-electron chi connectivity index (χ0n) is 17.9. The fraction of sp³-hybridized carbons (Fsp3) is 0.619. The molecule has 10 nitrogen and oxygen atoms in total. The summed E-state index contributed by atoms with van der Waals surface area (Å²) in [6.07, 6.45) is 11.9. The third-order valence-corrected chi connectivity index (χ3v) is 6.13. The van der Waals surface area contributed by atoms with Crippen LogP contribution in [0, 0.1) is 0 Å². The Morgan fingerprint density at radius 2 is 1.97 bits per heavy atom. The number of H-pyrrole nitrogens is 1. The van der Waals surface area contributed by atoms with Gasteiger partial charge < -0.3 is 20.1 Å². The van der Waals surface area contributed by atoms with Gasteiger partial charge in [-0.3, -0.25) is 9.78 Å². The summed E-state index contributed by atoms with van der Waals surface area (Å²) >= 11 is 0. The van der Waals surface area contributed by atoms with Gasteiger partial charge in [0.25, 0.3) is 0 Å². The first-order chi connectivity index (χ1) is 15.3. The number of hydrogen-bond donors (Lipinski definition) is 3. The molecule has 0 aromatic carbocycles. The Morgan fingerprint density at radius 1 is 1.13 bits per heavy atom. The van der Waals surface area contributed by atoms with Gasteiger partial charge in [0.05, 0.1) is 24.1 Å². The normalized spacial score (nSPS) is 22.6. The van der Waals surface area contributed by atoms with Gasteiger partial charge in [-0.25, -0.2) is 4.98 Å². The van der Waals surface area contributed by atoms with E-state index in [1.54, 1.807) is 12.4 Å². The van der Waals surface area contributed by atoms with Gasteiger partial charge in [-0.1, -0.05) is 6.92 Å². The van der Waals surface area contributed by atoms with Crippen LogP contribution in [0.1, 0.15) is 51.5 Å². The molecule has 3 aromatic rings. The van der Waals surface area contributed by atoms with Gasteiger partial charge in [-0.2, -0.15) is 15.2 Å². The van der Waals surface area contributed by atoms with Crippen LogP contribution in [0.15, 0.2) is 18.6 Å². The topological polar surface area (TPSA) is 115 Å². The summed E-state index contributed by atoms with van der Waals surface area (Å²) in [6.45, 7) is 4.73. The van der Waals surface area contributed by atoms with Gasteiger partial charge in [0.15, 0.2) is 0 Å². The first-order valence-electron chi connectivity index (χ1n) is 11.3. The van der Waals surface area contributed by atoms with Crippen LogP contribution in [-0.2, 0) is 4.74 Å². The zero-order valence-corrected chi connectivity index (χ0v) is 17.9. The second-order valence-corrected chi connectivity index (χ2v) is 8.31. The molecule has 0 unspecified atom stereocenters. The largest absolute Gasteiger partial charge is 0.473 e. The van der Waals surface area contributed by atoms with E-state index in [4.69, 9.17) is 9.47 Å². The molecule has 0 radical (unpaired) electrons. The molecular formula is C21H30N8O2. The monoisotopic (exact) mass is 426 g/mol. The molecule has 3 N–H and O–H groups in total. The molecule has 4 heterocycles. The number of fused-ring (bicyclic) bond motifs is 1. The van der Waals surface area contributed by atoms with E-state index in [1.165, 1.54) is 0 Å². The molecule has 0 amide bonds. The van der Waals surface area contributed by atoms with E-state index in [2.05, 4.69) is 42.8 Å². The molecular weight excluding hydrogens is 396 g/mol. The first-order valence-corrected chi connectivity index (χ1v) is 11.3. The Kier molecular flexibility index (Phi) is 5.99. The summed E-state index contributed by atoms with van der Waals surface area (Å²) in [5, 5.41) is 18.4. The van der Waals surface area contributed by atoms with Crippen LogP contribution < -0.4 is 15.4 Å². The minimum absolute atomic E-state index is 0.153. The Balaban J connectivity index is 1.30. The predicted octanol–water partition coefficient (Wildman–Crippen LogP) is 2.94. The van der Waals surface area contributed by atoms with Crippen molar-refractivity contribution in [2.75, 3.05) is 25.1 Å². The number of ether oxygens (including phenoxy) is 2. The Hall–Kier alpha value is -2.72. The number of nitrogens with zero attached hydrogens (tertiary/aromatic N) is 5. The van der Waals surface area contributed by atoms with Gasteiger partial charge >= 0.3 is 0 Å². The van der Waals surface area contributed by atoms with Crippen LogP contribution >= 0.6 is 0 Å². The number of aromatic nitrogens is 6. The highest BCUT2D eigenvalue weighted by Gasteiger charge is 2.24. The molecule has 1 saturated carbocycles. The van der Waals surface area contributed by atoms with Crippen molar-refractivity contribution in [3.8, 4) is 5.88 Å². The van der Waals surface area contributed by atoms with E-state index in [-0.39, 0.29) is 6.10 Å². The molecule has 1 saturated heterocycles. The number of anilines is 2. The van der Waals surface area contributed by atoms with Gasteiger partial charge in [0, 0.05) is 25.5 Å². The van der Waals surface area contributed by atoms with E-state index >= 15 is 0 Å².